The number of rotatable bonds is 3. The van der Waals surface area contributed by atoms with E-state index in [9.17, 15) is 9.59 Å². The summed E-state index contributed by atoms with van der Waals surface area (Å²) in [4.78, 5) is 26.2. The van der Waals surface area contributed by atoms with Gasteiger partial charge in [0.15, 0.2) is 0 Å². The highest BCUT2D eigenvalue weighted by molar-refractivity contribution is 7.99. The van der Waals surface area contributed by atoms with Crippen molar-refractivity contribution in [1.29, 1.82) is 0 Å². The summed E-state index contributed by atoms with van der Waals surface area (Å²) >= 11 is 1.84. The average Bonchev–Trinajstić information content (AvgIpc) is 2.28. The fourth-order valence-corrected chi connectivity index (χ4v) is 2.98. The third kappa shape index (κ3) is 3.52. The van der Waals surface area contributed by atoms with Crippen LogP contribution in [0.1, 0.15) is 20.3 Å². The van der Waals surface area contributed by atoms with Gasteiger partial charge in [-0.15, -0.1) is 0 Å². The standard InChI is InChI=1S/C11H20N2O3S/c1-4-9(10(14)15)12(3)11(16)13-5-6-17-8(2)7-13/h8-9H,4-7H2,1-3H3,(H,14,15). The Labute approximate surface area is 106 Å². The van der Waals surface area contributed by atoms with Gasteiger partial charge >= 0.3 is 12.0 Å². The number of aliphatic carboxylic acids is 1. The van der Waals surface area contributed by atoms with Crippen LogP contribution < -0.4 is 0 Å². The largest absolute Gasteiger partial charge is 0.480 e. The summed E-state index contributed by atoms with van der Waals surface area (Å²) in [6.07, 6.45) is 0.426. The summed E-state index contributed by atoms with van der Waals surface area (Å²) in [5.41, 5.74) is 0. The van der Waals surface area contributed by atoms with Crippen molar-refractivity contribution in [2.24, 2.45) is 0 Å². The molecule has 0 radical (unpaired) electrons. The number of carboxylic acids is 1. The summed E-state index contributed by atoms with van der Waals surface area (Å²) in [5.74, 6) is -0.0206. The van der Waals surface area contributed by atoms with Gasteiger partial charge in [0.1, 0.15) is 6.04 Å². The van der Waals surface area contributed by atoms with Gasteiger partial charge in [0, 0.05) is 31.1 Å². The summed E-state index contributed by atoms with van der Waals surface area (Å²) < 4.78 is 0. The van der Waals surface area contributed by atoms with E-state index in [1.165, 1.54) is 4.90 Å². The molecule has 0 aliphatic carbocycles. The van der Waals surface area contributed by atoms with Crippen LogP contribution in [0.25, 0.3) is 0 Å². The predicted molar refractivity (Wildman–Crippen MR) is 68.4 cm³/mol. The number of carbonyl (C=O) groups is 2. The smallest absolute Gasteiger partial charge is 0.326 e. The van der Waals surface area contributed by atoms with Crippen molar-refractivity contribution in [3.63, 3.8) is 0 Å². The molecule has 0 bridgehead atoms. The van der Waals surface area contributed by atoms with E-state index < -0.39 is 12.0 Å². The molecule has 0 aromatic heterocycles. The highest BCUT2D eigenvalue weighted by Gasteiger charge is 2.30. The van der Waals surface area contributed by atoms with Crippen LogP contribution in [-0.4, -0.2) is 64.1 Å². The lowest BCUT2D eigenvalue weighted by molar-refractivity contribution is -0.142. The van der Waals surface area contributed by atoms with Gasteiger partial charge < -0.3 is 14.9 Å². The minimum Gasteiger partial charge on any atom is -0.480 e. The first-order valence-electron chi connectivity index (χ1n) is 5.83. The molecule has 1 fully saturated rings. The lowest BCUT2D eigenvalue weighted by Crippen LogP contribution is -2.51. The second kappa shape index (κ2) is 6.14. The Balaban J connectivity index is 2.64. The zero-order valence-electron chi connectivity index (χ0n) is 10.5. The molecule has 5 nitrogen and oxygen atoms in total. The molecule has 1 rings (SSSR count). The van der Waals surface area contributed by atoms with Gasteiger partial charge in [0.05, 0.1) is 0 Å². The van der Waals surface area contributed by atoms with Crippen LogP contribution in [-0.2, 0) is 4.79 Å². The van der Waals surface area contributed by atoms with Gasteiger partial charge in [-0.2, -0.15) is 11.8 Å². The quantitative estimate of drug-likeness (QED) is 0.832. The molecule has 0 saturated carbocycles. The van der Waals surface area contributed by atoms with Gasteiger partial charge in [-0.25, -0.2) is 9.59 Å². The van der Waals surface area contributed by atoms with Gasteiger partial charge in [0.2, 0.25) is 0 Å². The summed E-state index contributed by atoms with van der Waals surface area (Å²) in [6.45, 7) is 5.26. The number of nitrogens with zero attached hydrogens (tertiary/aromatic N) is 2. The van der Waals surface area contributed by atoms with Crippen LogP contribution in [0, 0.1) is 0 Å². The maximum atomic E-state index is 12.1. The SMILES string of the molecule is CCC(C(=O)O)N(C)C(=O)N1CCSC(C)C1. The Bertz CT molecular complexity index is 298. The van der Waals surface area contributed by atoms with Crippen molar-refractivity contribution < 1.29 is 14.7 Å². The zero-order valence-corrected chi connectivity index (χ0v) is 11.4. The molecule has 17 heavy (non-hydrogen) atoms. The fourth-order valence-electron chi connectivity index (χ4n) is 1.96. The number of hydrogen-bond donors (Lipinski definition) is 1. The molecule has 1 aliphatic heterocycles. The van der Waals surface area contributed by atoms with Crippen molar-refractivity contribution in [2.45, 2.75) is 31.6 Å². The molecule has 1 aliphatic rings. The second-order valence-electron chi connectivity index (χ2n) is 4.28. The molecule has 1 heterocycles. The van der Waals surface area contributed by atoms with E-state index in [0.717, 1.165) is 5.75 Å². The highest BCUT2D eigenvalue weighted by atomic mass is 32.2. The lowest BCUT2D eigenvalue weighted by Gasteiger charge is -2.35. The number of likely N-dealkylation sites (N-methyl/N-ethyl adjacent to an activating group) is 1. The van der Waals surface area contributed by atoms with E-state index in [-0.39, 0.29) is 6.03 Å². The molecule has 0 aromatic rings. The first-order chi connectivity index (χ1) is 7.97. The Hall–Kier alpha value is -0.910. The normalized spacial score (nSPS) is 22.1. The maximum Gasteiger partial charge on any atom is 0.326 e. The Morgan fingerprint density at radius 1 is 1.59 bits per heavy atom. The van der Waals surface area contributed by atoms with Crippen LogP contribution >= 0.6 is 11.8 Å². The number of thioether (sulfide) groups is 1. The van der Waals surface area contributed by atoms with Crippen molar-refractivity contribution >= 4 is 23.8 Å². The molecule has 1 N–H and O–H groups in total. The first kappa shape index (κ1) is 14.2. The number of carboxylic acid groups (broad SMARTS) is 1. The molecule has 2 amide bonds. The van der Waals surface area contributed by atoms with E-state index in [2.05, 4.69) is 6.92 Å². The lowest BCUT2D eigenvalue weighted by atomic mass is 10.2. The first-order valence-corrected chi connectivity index (χ1v) is 6.88. The van der Waals surface area contributed by atoms with E-state index in [1.54, 1.807) is 18.9 Å². The highest BCUT2D eigenvalue weighted by Crippen LogP contribution is 2.19. The molecule has 2 unspecified atom stereocenters. The third-order valence-electron chi connectivity index (χ3n) is 2.95. The molecule has 0 aromatic carbocycles. The van der Waals surface area contributed by atoms with Gasteiger partial charge in [-0.3, -0.25) is 0 Å². The topological polar surface area (TPSA) is 60.9 Å². The average molecular weight is 260 g/mol. The van der Waals surface area contributed by atoms with E-state index in [4.69, 9.17) is 5.11 Å². The summed E-state index contributed by atoms with van der Waals surface area (Å²) in [7, 11) is 1.57. The summed E-state index contributed by atoms with van der Waals surface area (Å²) in [6, 6.07) is -0.904. The van der Waals surface area contributed by atoms with Gasteiger partial charge in [0.25, 0.3) is 0 Å². The second-order valence-corrected chi connectivity index (χ2v) is 5.83. The van der Waals surface area contributed by atoms with Crippen LogP contribution in [0.5, 0.6) is 0 Å². The number of urea groups is 1. The molecule has 1 saturated heterocycles. The minimum absolute atomic E-state index is 0.175. The third-order valence-corrected chi connectivity index (χ3v) is 4.09. The van der Waals surface area contributed by atoms with Crippen molar-refractivity contribution in [3.8, 4) is 0 Å². The molecule has 98 valence electrons. The Morgan fingerprint density at radius 3 is 2.71 bits per heavy atom. The van der Waals surface area contributed by atoms with E-state index in [1.807, 2.05) is 11.8 Å². The van der Waals surface area contributed by atoms with Crippen molar-refractivity contribution in [2.75, 3.05) is 25.9 Å². The van der Waals surface area contributed by atoms with Crippen LogP contribution in [0.3, 0.4) is 0 Å². The number of amides is 2. The van der Waals surface area contributed by atoms with Crippen molar-refractivity contribution in [1.82, 2.24) is 9.80 Å². The fraction of sp³-hybridized carbons (Fsp3) is 0.818. The molecule has 6 heteroatoms. The Kier molecular flexibility index (Phi) is 5.11. The monoisotopic (exact) mass is 260 g/mol. The van der Waals surface area contributed by atoms with Crippen LogP contribution in [0.15, 0.2) is 0 Å². The molecular formula is C11H20N2O3S. The van der Waals surface area contributed by atoms with Crippen molar-refractivity contribution in [3.05, 3.63) is 0 Å². The summed E-state index contributed by atoms with van der Waals surface area (Å²) in [5, 5.41) is 9.45. The van der Waals surface area contributed by atoms with Gasteiger partial charge in [-0.05, 0) is 6.42 Å². The van der Waals surface area contributed by atoms with E-state index >= 15 is 0 Å². The van der Waals surface area contributed by atoms with E-state index in [0.29, 0.717) is 24.8 Å². The number of carbonyl (C=O) groups excluding carboxylic acids is 1. The molecule has 2 atom stereocenters. The van der Waals surface area contributed by atoms with Crippen LogP contribution in [0.4, 0.5) is 4.79 Å². The molecular weight excluding hydrogens is 240 g/mol. The molecule has 0 spiro atoms. The maximum absolute atomic E-state index is 12.1. The number of hydrogen-bond acceptors (Lipinski definition) is 3. The predicted octanol–water partition coefficient (Wildman–Crippen LogP) is 1.34. The Morgan fingerprint density at radius 2 is 2.24 bits per heavy atom. The van der Waals surface area contributed by atoms with Crippen LogP contribution in [0.2, 0.25) is 0 Å². The minimum atomic E-state index is -0.942. The zero-order chi connectivity index (χ0) is 13.0. The van der Waals surface area contributed by atoms with Gasteiger partial charge in [-0.1, -0.05) is 13.8 Å².